The molecule has 3 aromatic rings. The first kappa shape index (κ1) is 21.9. The second-order valence-corrected chi connectivity index (χ2v) is 7.70. The van der Waals surface area contributed by atoms with Gasteiger partial charge in [0, 0.05) is 29.2 Å². The van der Waals surface area contributed by atoms with Gasteiger partial charge in [0.2, 0.25) is 0 Å². The number of nitrogens with zero attached hydrogens (tertiary/aromatic N) is 4. The lowest BCUT2D eigenvalue weighted by molar-refractivity contribution is -0.146. The van der Waals surface area contributed by atoms with Crippen LogP contribution in [0.3, 0.4) is 0 Å². The maximum Gasteiger partial charge on any atom is 0.407 e. The summed E-state index contributed by atoms with van der Waals surface area (Å²) in [5.41, 5.74) is 2.62. The molecule has 0 saturated heterocycles. The van der Waals surface area contributed by atoms with Crippen molar-refractivity contribution in [2.75, 3.05) is 13.7 Å². The molecule has 1 aromatic carbocycles. The number of ether oxygens (including phenoxy) is 1. The largest absolute Gasteiger partial charge is 0.496 e. The number of carbonyl (C=O) groups excluding carboxylic acids is 1. The van der Waals surface area contributed by atoms with Gasteiger partial charge in [0.25, 0.3) is 5.91 Å². The van der Waals surface area contributed by atoms with Crippen LogP contribution < -0.4 is 15.5 Å². The zero-order chi connectivity index (χ0) is 23.1. The van der Waals surface area contributed by atoms with Gasteiger partial charge in [-0.05, 0) is 31.2 Å². The van der Waals surface area contributed by atoms with Gasteiger partial charge in [0.15, 0.2) is 5.65 Å². The number of nitrogens with one attached hydrogen (secondary N) is 2. The van der Waals surface area contributed by atoms with E-state index >= 15 is 0 Å². The number of hydrazine groups is 1. The SMILES string of the molecule is COc1ccc(Cl)cc1C1(C)NN(CC(F)(F)F)C=C1NC(=O)c1cnn2cccnc12. The molecule has 0 aliphatic carbocycles. The van der Waals surface area contributed by atoms with Gasteiger partial charge >= 0.3 is 6.18 Å². The van der Waals surface area contributed by atoms with Gasteiger partial charge in [0.1, 0.15) is 23.4 Å². The van der Waals surface area contributed by atoms with Crippen molar-refractivity contribution >= 4 is 23.2 Å². The van der Waals surface area contributed by atoms with Crippen molar-refractivity contribution in [3.63, 3.8) is 0 Å². The van der Waals surface area contributed by atoms with Crippen LogP contribution >= 0.6 is 11.6 Å². The lowest BCUT2D eigenvalue weighted by Gasteiger charge is -2.32. The molecule has 1 amide bonds. The van der Waals surface area contributed by atoms with Gasteiger partial charge < -0.3 is 15.1 Å². The lowest BCUT2D eigenvalue weighted by atomic mass is 9.89. The standard InChI is InChI=1S/C20H18ClF3N6O2/c1-19(14-8-12(21)4-5-15(14)32-2)16(10-29(28-19)11-20(22,23)24)27-18(31)13-9-26-30-7-3-6-25-17(13)30/h3-10,28H,11H2,1-2H3,(H,27,31). The number of halogens is 4. The van der Waals surface area contributed by atoms with E-state index in [-0.39, 0.29) is 11.3 Å². The van der Waals surface area contributed by atoms with E-state index in [2.05, 4.69) is 20.8 Å². The Morgan fingerprint density at radius 2 is 2.16 bits per heavy atom. The second-order valence-electron chi connectivity index (χ2n) is 7.27. The van der Waals surface area contributed by atoms with Gasteiger partial charge in [-0.3, -0.25) is 4.79 Å². The topological polar surface area (TPSA) is 83.8 Å². The van der Waals surface area contributed by atoms with Crippen molar-refractivity contribution in [3.8, 4) is 5.75 Å². The Kier molecular flexibility index (Phi) is 5.47. The number of benzene rings is 1. The third-order valence-corrected chi connectivity index (χ3v) is 5.25. The number of methoxy groups -OCH3 is 1. The second kappa shape index (κ2) is 7.99. The molecule has 168 valence electrons. The van der Waals surface area contributed by atoms with E-state index in [9.17, 15) is 18.0 Å². The summed E-state index contributed by atoms with van der Waals surface area (Å²) >= 11 is 6.15. The fourth-order valence-corrected chi connectivity index (χ4v) is 3.73. The highest BCUT2D eigenvalue weighted by Gasteiger charge is 2.44. The van der Waals surface area contributed by atoms with Gasteiger partial charge in [-0.15, -0.1) is 0 Å². The average Bonchev–Trinajstić information content (AvgIpc) is 3.28. The Morgan fingerprint density at radius 3 is 2.88 bits per heavy atom. The molecule has 2 aromatic heterocycles. The molecule has 12 heteroatoms. The van der Waals surface area contributed by atoms with Crippen LogP contribution in [-0.2, 0) is 5.54 Å². The van der Waals surface area contributed by atoms with Gasteiger partial charge in [-0.25, -0.2) is 14.9 Å². The molecule has 1 aliphatic heterocycles. The number of hydrogen-bond acceptors (Lipinski definition) is 6. The molecule has 3 heterocycles. The number of fused-ring (bicyclic) bond motifs is 1. The molecule has 8 nitrogen and oxygen atoms in total. The quantitative estimate of drug-likeness (QED) is 0.600. The van der Waals surface area contributed by atoms with E-state index in [4.69, 9.17) is 16.3 Å². The fraction of sp³-hybridized carbons (Fsp3) is 0.250. The molecule has 0 fully saturated rings. The van der Waals surface area contributed by atoms with E-state index in [1.165, 1.54) is 30.2 Å². The molecule has 1 atom stereocenters. The maximum absolute atomic E-state index is 13.1. The highest BCUT2D eigenvalue weighted by Crippen LogP contribution is 2.40. The number of rotatable bonds is 5. The summed E-state index contributed by atoms with van der Waals surface area (Å²) < 4.78 is 46.1. The van der Waals surface area contributed by atoms with Crippen LogP contribution in [0.15, 0.2) is 54.8 Å². The molecule has 0 spiro atoms. The van der Waals surface area contributed by atoms with Crippen LogP contribution in [0.4, 0.5) is 13.2 Å². The fourth-order valence-electron chi connectivity index (χ4n) is 3.55. The monoisotopic (exact) mass is 466 g/mol. The van der Waals surface area contributed by atoms with Crippen molar-refractivity contribution in [2.45, 2.75) is 18.6 Å². The number of amides is 1. The molecular formula is C20H18ClF3N6O2. The Hall–Kier alpha value is -3.31. The molecule has 1 unspecified atom stereocenters. The van der Waals surface area contributed by atoms with E-state index in [0.29, 0.717) is 22.0 Å². The predicted molar refractivity (Wildman–Crippen MR) is 110 cm³/mol. The van der Waals surface area contributed by atoms with Crippen molar-refractivity contribution in [1.29, 1.82) is 0 Å². The minimum atomic E-state index is -4.48. The first-order valence-electron chi connectivity index (χ1n) is 9.38. The van der Waals surface area contributed by atoms with Crippen LogP contribution in [0.2, 0.25) is 5.02 Å². The Labute approximate surface area is 185 Å². The first-order valence-corrected chi connectivity index (χ1v) is 9.76. The average molecular weight is 467 g/mol. The Morgan fingerprint density at radius 1 is 1.38 bits per heavy atom. The predicted octanol–water partition coefficient (Wildman–Crippen LogP) is 3.26. The summed E-state index contributed by atoms with van der Waals surface area (Å²) in [7, 11) is 1.44. The summed E-state index contributed by atoms with van der Waals surface area (Å²) in [4.78, 5) is 17.2. The van der Waals surface area contributed by atoms with Crippen LogP contribution in [0.25, 0.3) is 5.65 Å². The molecule has 0 bridgehead atoms. The highest BCUT2D eigenvalue weighted by atomic mass is 35.5. The van der Waals surface area contributed by atoms with Crippen molar-refractivity contribution in [2.24, 2.45) is 0 Å². The summed E-state index contributed by atoms with van der Waals surface area (Å²) in [6.07, 6.45) is 1.20. The molecule has 1 aliphatic rings. The van der Waals surface area contributed by atoms with E-state index < -0.39 is 24.2 Å². The molecule has 2 N–H and O–H groups in total. The van der Waals surface area contributed by atoms with E-state index in [1.54, 1.807) is 37.4 Å². The van der Waals surface area contributed by atoms with E-state index in [1.807, 2.05) is 0 Å². The van der Waals surface area contributed by atoms with Crippen LogP contribution in [0.5, 0.6) is 5.75 Å². The zero-order valence-corrected chi connectivity index (χ0v) is 17.7. The van der Waals surface area contributed by atoms with Crippen molar-refractivity contribution in [1.82, 2.24) is 30.3 Å². The van der Waals surface area contributed by atoms with Crippen molar-refractivity contribution in [3.05, 3.63) is 70.9 Å². The lowest BCUT2D eigenvalue weighted by Crippen LogP contribution is -2.48. The summed E-state index contributed by atoms with van der Waals surface area (Å²) in [5.74, 6) is -0.191. The molecule has 0 saturated carbocycles. The zero-order valence-electron chi connectivity index (χ0n) is 16.9. The van der Waals surface area contributed by atoms with Gasteiger partial charge in [-0.2, -0.15) is 18.3 Å². The number of carbonyl (C=O) groups is 1. The number of alkyl halides is 3. The third-order valence-electron chi connectivity index (χ3n) is 5.01. The molecule has 0 radical (unpaired) electrons. The Balaban J connectivity index is 1.74. The summed E-state index contributed by atoms with van der Waals surface area (Å²) in [5, 5.41) is 8.00. The smallest absolute Gasteiger partial charge is 0.407 e. The summed E-state index contributed by atoms with van der Waals surface area (Å²) in [6.45, 7) is 0.348. The maximum atomic E-state index is 13.1. The Bertz CT molecular complexity index is 1210. The van der Waals surface area contributed by atoms with Crippen LogP contribution in [0, 0.1) is 0 Å². The van der Waals surface area contributed by atoms with Gasteiger partial charge in [-0.1, -0.05) is 11.6 Å². The number of hydrogen-bond donors (Lipinski definition) is 2. The van der Waals surface area contributed by atoms with Crippen LogP contribution in [-0.4, -0.2) is 45.3 Å². The minimum Gasteiger partial charge on any atom is -0.496 e. The minimum absolute atomic E-state index is 0.168. The van der Waals surface area contributed by atoms with Crippen molar-refractivity contribution < 1.29 is 22.7 Å². The third kappa shape index (κ3) is 4.08. The summed E-state index contributed by atoms with van der Waals surface area (Å²) in [6, 6.07) is 6.43. The van der Waals surface area contributed by atoms with Gasteiger partial charge in [0.05, 0.1) is 19.0 Å². The van der Waals surface area contributed by atoms with Crippen LogP contribution in [0.1, 0.15) is 22.8 Å². The molecular weight excluding hydrogens is 449 g/mol. The highest BCUT2D eigenvalue weighted by molar-refractivity contribution is 6.30. The first-order chi connectivity index (χ1) is 15.1. The molecule has 32 heavy (non-hydrogen) atoms. The molecule has 4 rings (SSSR count). The van der Waals surface area contributed by atoms with E-state index in [0.717, 1.165) is 5.01 Å². The normalized spacial score (nSPS) is 18.7. The number of aromatic nitrogens is 3.